The van der Waals surface area contributed by atoms with E-state index in [1.165, 1.54) is 0 Å². The fourth-order valence-corrected chi connectivity index (χ4v) is 2.09. The highest BCUT2D eigenvalue weighted by molar-refractivity contribution is 5.27. The molecule has 82 valence electrons. The summed E-state index contributed by atoms with van der Waals surface area (Å²) >= 11 is 0. The van der Waals surface area contributed by atoms with Crippen LogP contribution in [0.3, 0.4) is 0 Å². The zero-order valence-corrected chi connectivity index (χ0v) is 8.98. The van der Waals surface area contributed by atoms with Crippen molar-refractivity contribution in [2.24, 2.45) is 0 Å². The van der Waals surface area contributed by atoms with Crippen LogP contribution in [-0.2, 0) is 6.54 Å². The second kappa shape index (κ2) is 3.83. The van der Waals surface area contributed by atoms with Gasteiger partial charge in [-0.1, -0.05) is 12.1 Å². The largest absolute Gasteiger partial charge is 0.508 e. The van der Waals surface area contributed by atoms with Crippen LogP contribution in [0.25, 0.3) is 0 Å². The van der Waals surface area contributed by atoms with Crippen LogP contribution < -0.4 is 0 Å². The molecule has 1 saturated heterocycles. The van der Waals surface area contributed by atoms with Gasteiger partial charge in [-0.25, -0.2) is 0 Å². The number of hydrogen-bond donors (Lipinski definition) is 2. The van der Waals surface area contributed by atoms with Crippen LogP contribution in [-0.4, -0.2) is 33.8 Å². The Balaban J connectivity index is 1.99. The van der Waals surface area contributed by atoms with E-state index in [1.807, 2.05) is 19.1 Å². The van der Waals surface area contributed by atoms with Crippen LogP contribution in [0.4, 0.5) is 0 Å². The number of phenols is 1. The zero-order valence-electron chi connectivity index (χ0n) is 8.98. The average Bonchev–Trinajstić information content (AvgIpc) is 2.45. The van der Waals surface area contributed by atoms with Gasteiger partial charge in [-0.2, -0.15) is 0 Å². The Bertz CT molecular complexity index is 349. The first-order valence-electron chi connectivity index (χ1n) is 5.28. The second-order valence-corrected chi connectivity index (χ2v) is 4.63. The Morgan fingerprint density at radius 1 is 1.47 bits per heavy atom. The minimum atomic E-state index is -0.545. The quantitative estimate of drug-likeness (QED) is 0.769. The summed E-state index contributed by atoms with van der Waals surface area (Å²) in [6.07, 6.45) is 0.825. The highest BCUT2D eigenvalue weighted by Gasteiger charge is 2.30. The van der Waals surface area contributed by atoms with Gasteiger partial charge in [0.1, 0.15) is 5.75 Å². The maximum absolute atomic E-state index is 9.81. The molecule has 0 radical (unpaired) electrons. The molecule has 1 aromatic carbocycles. The molecule has 1 aromatic rings. The SMILES string of the molecule is CC1(O)CCN(Cc2cccc(O)c2)C1. The highest BCUT2D eigenvalue weighted by Crippen LogP contribution is 2.22. The normalized spacial score (nSPS) is 27.1. The topological polar surface area (TPSA) is 43.7 Å². The van der Waals surface area contributed by atoms with E-state index in [4.69, 9.17) is 0 Å². The molecule has 0 saturated carbocycles. The summed E-state index contributed by atoms with van der Waals surface area (Å²) < 4.78 is 0. The molecule has 0 amide bonds. The summed E-state index contributed by atoms with van der Waals surface area (Å²) in [5.41, 5.74) is 0.546. The summed E-state index contributed by atoms with van der Waals surface area (Å²) in [7, 11) is 0. The van der Waals surface area contributed by atoms with E-state index in [0.29, 0.717) is 12.3 Å². The molecule has 1 aliphatic heterocycles. The van der Waals surface area contributed by atoms with Gasteiger partial charge in [0.05, 0.1) is 5.60 Å². The maximum atomic E-state index is 9.81. The van der Waals surface area contributed by atoms with E-state index in [-0.39, 0.29) is 0 Å². The van der Waals surface area contributed by atoms with Crippen molar-refractivity contribution in [1.82, 2.24) is 4.90 Å². The van der Waals surface area contributed by atoms with Gasteiger partial charge in [-0.3, -0.25) is 4.90 Å². The lowest BCUT2D eigenvalue weighted by atomic mass is 10.1. The van der Waals surface area contributed by atoms with E-state index in [9.17, 15) is 10.2 Å². The Morgan fingerprint density at radius 2 is 2.27 bits per heavy atom. The van der Waals surface area contributed by atoms with Crippen molar-refractivity contribution in [3.8, 4) is 5.75 Å². The standard InChI is InChI=1S/C12H17NO2/c1-12(15)5-6-13(9-12)8-10-3-2-4-11(14)7-10/h2-4,7,14-15H,5-6,8-9H2,1H3. The molecule has 1 atom stereocenters. The van der Waals surface area contributed by atoms with Crippen LogP contribution in [0.2, 0.25) is 0 Å². The second-order valence-electron chi connectivity index (χ2n) is 4.63. The number of aliphatic hydroxyl groups is 1. The molecule has 2 rings (SSSR count). The molecule has 2 N–H and O–H groups in total. The molecule has 3 nitrogen and oxygen atoms in total. The van der Waals surface area contributed by atoms with Gasteiger partial charge in [-0.05, 0) is 31.0 Å². The summed E-state index contributed by atoms with van der Waals surface area (Å²) in [6.45, 7) is 4.30. The predicted molar refractivity (Wildman–Crippen MR) is 58.6 cm³/mol. The Kier molecular flexibility index (Phi) is 2.67. The molecule has 1 heterocycles. The maximum Gasteiger partial charge on any atom is 0.115 e. The molecule has 1 unspecified atom stereocenters. The number of aromatic hydroxyl groups is 1. The third-order valence-corrected chi connectivity index (χ3v) is 2.85. The summed E-state index contributed by atoms with van der Waals surface area (Å²) in [5, 5.41) is 19.1. The van der Waals surface area contributed by atoms with Crippen LogP contribution in [0, 0.1) is 0 Å². The van der Waals surface area contributed by atoms with Crippen LogP contribution in [0.1, 0.15) is 18.9 Å². The summed E-state index contributed by atoms with van der Waals surface area (Å²) in [5.74, 6) is 0.304. The third kappa shape index (κ3) is 2.70. The predicted octanol–water partition coefficient (Wildman–Crippen LogP) is 1.35. The van der Waals surface area contributed by atoms with Gasteiger partial charge in [0.2, 0.25) is 0 Å². The van der Waals surface area contributed by atoms with E-state index in [1.54, 1.807) is 12.1 Å². The third-order valence-electron chi connectivity index (χ3n) is 2.85. The van der Waals surface area contributed by atoms with Crippen molar-refractivity contribution in [3.05, 3.63) is 29.8 Å². The van der Waals surface area contributed by atoms with E-state index in [0.717, 1.165) is 25.1 Å². The van der Waals surface area contributed by atoms with Crippen molar-refractivity contribution in [2.45, 2.75) is 25.5 Å². The first-order valence-corrected chi connectivity index (χ1v) is 5.28. The van der Waals surface area contributed by atoms with Gasteiger partial charge >= 0.3 is 0 Å². The number of likely N-dealkylation sites (tertiary alicyclic amines) is 1. The summed E-state index contributed by atoms with van der Waals surface area (Å²) in [6, 6.07) is 7.28. The Morgan fingerprint density at radius 3 is 2.87 bits per heavy atom. The van der Waals surface area contributed by atoms with Gasteiger partial charge in [0.15, 0.2) is 0 Å². The molecule has 0 bridgehead atoms. The fourth-order valence-electron chi connectivity index (χ4n) is 2.09. The molecular weight excluding hydrogens is 190 g/mol. The number of β-amino-alcohol motifs (C(OH)–C–C–N with tert-alkyl or cyclic N) is 1. The minimum absolute atomic E-state index is 0.304. The van der Waals surface area contributed by atoms with Gasteiger partial charge in [-0.15, -0.1) is 0 Å². The van der Waals surface area contributed by atoms with Crippen LogP contribution in [0.15, 0.2) is 24.3 Å². The smallest absolute Gasteiger partial charge is 0.115 e. The van der Waals surface area contributed by atoms with E-state index in [2.05, 4.69) is 4.90 Å². The molecule has 1 aliphatic rings. The number of phenolic OH excluding ortho intramolecular Hbond substituents is 1. The number of rotatable bonds is 2. The lowest BCUT2D eigenvalue weighted by molar-refractivity contribution is 0.0679. The minimum Gasteiger partial charge on any atom is -0.508 e. The molecule has 0 aliphatic carbocycles. The summed E-state index contributed by atoms with van der Waals surface area (Å²) in [4.78, 5) is 2.20. The van der Waals surface area contributed by atoms with Gasteiger partial charge in [0.25, 0.3) is 0 Å². The Labute approximate surface area is 90.0 Å². The lowest BCUT2D eigenvalue weighted by Gasteiger charge is -2.18. The first kappa shape index (κ1) is 10.5. The van der Waals surface area contributed by atoms with E-state index >= 15 is 0 Å². The molecular formula is C12H17NO2. The first-order chi connectivity index (χ1) is 7.05. The van der Waals surface area contributed by atoms with Gasteiger partial charge < -0.3 is 10.2 Å². The lowest BCUT2D eigenvalue weighted by Crippen LogP contribution is -2.29. The van der Waals surface area contributed by atoms with Crippen molar-refractivity contribution in [1.29, 1.82) is 0 Å². The average molecular weight is 207 g/mol. The van der Waals surface area contributed by atoms with Crippen molar-refractivity contribution in [2.75, 3.05) is 13.1 Å². The molecule has 3 heteroatoms. The van der Waals surface area contributed by atoms with Crippen molar-refractivity contribution >= 4 is 0 Å². The van der Waals surface area contributed by atoms with E-state index < -0.39 is 5.60 Å². The fraction of sp³-hybridized carbons (Fsp3) is 0.500. The van der Waals surface area contributed by atoms with Crippen molar-refractivity contribution in [3.63, 3.8) is 0 Å². The van der Waals surface area contributed by atoms with Crippen LogP contribution >= 0.6 is 0 Å². The van der Waals surface area contributed by atoms with Crippen molar-refractivity contribution < 1.29 is 10.2 Å². The molecule has 1 fully saturated rings. The molecule has 0 aromatic heterocycles. The molecule has 0 spiro atoms. The highest BCUT2D eigenvalue weighted by atomic mass is 16.3. The monoisotopic (exact) mass is 207 g/mol. The Hall–Kier alpha value is -1.06. The van der Waals surface area contributed by atoms with Gasteiger partial charge in [0, 0.05) is 19.6 Å². The number of benzene rings is 1. The number of nitrogens with zero attached hydrogens (tertiary/aromatic N) is 1. The van der Waals surface area contributed by atoms with Crippen LogP contribution in [0.5, 0.6) is 5.75 Å². The number of hydrogen-bond acceptors (Lipinski definition) is 3. The molecule has 15 heavy (non-hydrogen) atoms. The zero-order chi connectivity index (χ0) is 10.9.